The van der Waals surface area contributed by atoms with E-state index in [2.05, 4.69) is 24.1 Å². The standard InChI is InChI=1S/C14H18N2O2/c1-3-4-5-10(2)15-11-6-7-13-12(8-11)16-14(17)9-18-13/h3,6-8,10,15H,1,4-5,9H2,2H3,(H,16,17). The number of nitrogens with one attached hydrogen (secondary N) is 2. The lowest BCUT2D eigenvalue weighted by atomic mass is 10.1. The largest absolute Gasteiger partial charge is 0.482 e. The third-order valence-electron chi connectivity index (χ3n) is 2.83. The van der Waals surface area contributed by atoms with Crippen molar-refractivity contribution in [1.82, 2.24) is 0 Å². The zero-order chi connectivity index (χ0) is 13.0. The van der Waals surface area contributed by atoms with Gasteiger partial charge in [-0.2, -0.15) is 0 Å². The van der Waals surface area contributed by atoms with Gasteiger partial charge < -0.3 is 15.4 Å². The van der Waals surface area contributed by atoms with Crippen molar-refractivity contribution in [3.05, 3.63) is 30.9 Å². The summed E-state index contributed by atoms with van der Waals surface area (Å²) in [5.74, 6) is 0.609. The number of ether oxygens (including phenoxy) is 1. The van der Waals surface area contributed by atoms with Crippen LogP contribution < -0.4 is 15.4 Å². The van der Waals surface area contributed by atoms with Gasteiger partial charge in [0, 0.05) is 11.7 Å². The van der Waals surface area contributed by atoms with Gasteiger partial charge in [0.1, 0.15) is 5.75 Å². The number of hydrogen-bond donors (Lipinski definition) is 2. The number of amides is 1. The predicted molar refractivity (Wildman–Crippen MR) is 73.1 cm³/mol. The molecule has 4 nitrogen and oxygen atoms in total. The molecule has 1 atom stereocenters. The summed E-state index contributed by atoms with van der Waals surface area (Å²) >= 11 is 0. The number of rotatable bonds is 5. The first-order chi connectivity index (χ1) is 8.69. The maximum absolute atomic E-state index is 11.2. The van der Waals surface area contributed by atoms with Crippen molar-refractivity contribution < 1.29 is 9.53 Å². The molecular formula is C14H18N2O2. The van der Waals surface area contributed by atoms with E-state index >= 15 is 0 Å². The molecule has 1 aromatic rings. The topological polar surface area (TPSA) is 50.4 Å². The Kier molecular flexibility index (Phi) is 3.87. The van der Waals surface area contributed by atoms with Crippen molar-refractivity contribution in [3.8, 4) is 5.75 Å². The van der Waals surface area contributed by atoms with Crippen LogP contribution in [0.15, 0.2) is 30.9 Å². The molecule has 0 saturated carbocycles. The minimum Gasteiger partial charge on any atom is -0.482 e. The summed E-state index contributed by atoms with van der Waals surface area (Å²) in [7, 11) is 0. The van der Waals surface area contributed by atoms with Crippen LogP contribution in [0, 0.1) is 0 Å². The molecule has 0 radical (unpaired) electrons. The fraction of sp³-hybridized carbons (Fsp3) is 0.357. The lowest BCUT2D eigenvalue weighted by molar-refractivity contribution is -0.118. The van der Waals surface area contributed by atoms with E-state index in [1.54, 1.807) is 0 Å². The molecule has 1 amide bonds. The Bertz CT molecular complexity index is 457. The van der Waals surface area contributed by atoms with Crippen molar-refractivity contribution >= 4 is 17.3 Å². The van der Waals surface area contributed by atoms with Crippen LogP contribution in [-0.2, 0) is 4.79 Å². The Labute approximate surface area is 107 Å². The van der Waals surface area contributed by atoms with E-state index < -0.39 is 0 Å². The second-order valence-electron chi connectivity index (χ2n) is 4.46. The molecule has 0 saturated heterocycles. The first-order valence-corrected chi connectivity index (χ1v) is 6.13. The van der Waals surface area contributed by atoms with E-state index in [9.17, 15) is 4.79 Å². The molecule has 1 aromatic carbocycles. The summed E-state index contributed by atoms with van der Waals surface area (Å²) in [6.07, 6.45) is 3.93. The van der Waals surface area contributed by atoms with Gasteiger partial charge in [0.25, 0.3) is 5.91 Å². The summed E-state index contributed by atoms with van der Waals surface area (Å²) in [4.78, 5) is 11.2. The maximum Gasteiger partial charge on any atom is 0.262 e. The Balaban J connectivity index is 2.04. The van der Waals surface area contributed by atoms with Crippen LogP contribution in [0.2, 0.25) is 0 Å². The fourth-order valence-corrected chi connectivity index (χ4v) is 1.90. The van der Waals surface area contributed by atoms with E-state index in [0.29, 0.717) is 6.04 Å². The molecule has 0 aliphatic carbocycles. The highest BCUT2D eigenvalue weighted by Gasteiger charge is 2.16. The lowest BCUT2D eigenvalue weighted by Gasteiger charge is -2.20. The van der Waals surface area contributed by atoms with Crippen LogP contribution in [0.5, 0.6) is 5.75 Å². The average Bonchev–Trinajstić information content (AvgIpc) is 2.36. The van der Waals surface area contributed by atoms with Gasteiger partial charge in [-0.1, -0.05) is 6.08 Å². The van der Waals surface area contributed by atoms with Crippen molar-refractivity contribution in [1.29, 1.82) is 0 Å². The minimum atomic E-state index is -0.112. The normalized spacial score (nSPS) is 15.1. The monoisotopic (exact) mass is 246 g/mol. The van der Waals surface area contributed by atoms with Gasteiger partial charge in [0.05, 0.1) is 5.69 Å². The zero-order valence-corrected chi connectivity index (χ0v) is 10.5. The van der Waals surface area contributed by atoms with Gasteiger partial charge >= 0.3 is 0 Å². The smallest absolute Gasteiger partial charge is 0.262 e. The molecule has 0 bridgehead atoms. The summed E-state index contributed by atoms with van der Waals surface area (Å²) in [5.41, 5.74) is 1.71. The van der Waals surface area contributed by atoms with Crippen LogP contribution in [0.1, 0.15) is 19.8 Å². The Morgan fingerprint density at radius 3 is 3.22 bits per heavy atom. The highest BCUT2D eigenvalue weighted by atomic mass is 16.5. The third kappa shape index (κ3) is 3.03. The maximum atomic E-state index is 11.2. The summed E-state index contributed by atoms with van der Waals surface area (Å²) < 4.78 is 5.31. The van der Waals surface area contributed by atoms with Crippen LogP contribution in [0.3, 0.4) is 0 Å². The lowest BCUT2D eigenvalue weighted by Crippen LogP contribution is -2.25. The molecule has 0 aromatic heterocycles. The van der Waals surface area contributed by atoms with E-state index in [4.69, 9.17) is 4.74 Å². The first kappa shape index (κ1) is 12.5. The molecule has 4 heteroatoms. The predicted octanol–water partition coefficient (Wildman–Crippen LogP) is 2.78. The quantitative estimate of drug-likeness (QED) is 0.785. The minimum absolute atomic E-state index is 0.0928. The molecule has 1 aliphatic heterocycles. The molecule has 2 N–H and O–H groups in total. The second kappa shape index (κ2) is 5.58. The van der Waals surface area contributed by atoms with Gasteiger partial charge in [-0.3, -0.25) is 4.79 Å². The highest BCUT2D eigenvalue weighted by molar-refractivity contribution is 5.96. The number of fused-ring (bicyclic) bond motifs is 1. The van der Waals surface area contributed by atoms with Gasteiger partial charge in [-0.25, -0.2) is 0 Å². The second-order valence-corrected chi connectivity index (χ2v) is 4.46. The van der Waals surface area contributed by atoms with Crippen molar-refractivity contribution in [2.45, 2.75) is 25.8 Å². The van der Waals surface area contributed by atoms with Gasteiger partial charge in [0.2, 0.25) is 0 Å². The van der Waals surface area contributed by atoms with Crippen molar-refractivity contribution in [3.63, 3.8) is 0 Å². The zero-order valence-electron chi connectivity index (χ0n) is 10.5. The van der Waals surface area contributed by atoms with Crippen molar-refractivity contribution in [2.75, 3.05) is 17.2 Å². The van der Waals surface area contributed by atoms with E-state index in [1.165, 1.54) is 0 Å². The number of benzene rings is 1. The third-order valence-corrected chi connectivity index (χ3v) is 2.83. The molecule has 2 rings (SSSR count). The molecule has 0 spiro atoms. The number of allylic oxidation sites excluding steroid dienone is 1. The SMILES string of the molecule is C=CCCC(C)Nc1ccc2c(c1)NC(=O)CO2. The highest BCUT2D eigenvalue weighted by Crippen LogP contribution is 2.30. The van der Waals surface area contributed by atoms with Crippen LogP contribution in [-0.4, -0.2) is 18.6 Å². The molecule has 18 heavy (non-hydrogen) atoms. The Hall–Kier alpha value is -1.97. The first-order valence-electron chi connectivity index (χ1n) is 6.13. The van der Waals surface area contributed by atoms with Gasteiger partial charge in [-0.15, -0.1) is 6.58 Å². The summed E-state index contributed by atoms with van der Waals surface area (Å²) in [6.45, 7) is 5.93. The molecule has 0 fully saturated rings. The van der Waals surface area contributed by atoms with E-state index in [0.717, 1.165) is 30.0 Å². The number of carbonyl (C=O) groups excluding carboxylic acids is 1. The van der Waals surface area contributed by atoms with Crippen LogP contribution >= 0.6 is 0 Å². The molecular weight excluding hydrogens is 228 g/mol. The fourth-order valence-electron chi connectivity index (χ4n) is 1.90. The summed E-state index contributed by atoms with van der Waals surface area (Å²) in [5, 5.41) is 6.18. The number of anilines is 2. The number of hydrogen-bond acceptors (Lipinski definition) is 3. The Morgan fingerprint density at radius 1 is 1.61 bits per heavy atom. The summed E-state index contributed by atoms with van der Waals surface area (Å²) in [6, 6.07) is 6.09. The molecule has 1 aliphatic rings. The van der Waals surface area contributed by atoms with E-state index in [-0.39, 0.29) is 12.5 Å². The van der Waals surface area contributed by atoms with E-state index in [1.807, 2.05) is 24.3 Å². The van der Waals surface area contributed by atoms with Crippen LogP contribution in [0.4, 0.5) is 11.4 Å². The van der Waals surface area contributed by atoms with Crippen molar-refractivity contribution in [2.24, 2.45) is 0 Å². The van der Waals surface area contributed by atoms with Crippen LogP contribution in [0.25, 0.3) is 0 Å². The molecule has 1 heterocycles. The average molecular weight is 246 g/mol. The van der Waals surface area contributed by atoms with Gasteiger partial charge in [0.15, 0.2) is 6.61 Å². The Morgan fingerprint density at radius 2 is 2.44 bits per heavy atom. The van der Waals surface area contributed by atoms with Gasteiger partial charge in [-0.05, 0) is 38.0 Å². The number of carbonyl (C=O) groups is 1. The molecule has 96 valence electrons. The molecule has 1 unspecified atom stereocenters.